The van der Waals surface area contributed by atoms with Crippen LogP contribution in [0.15, 0.2) is 12.1 Å². The van der Waals surface area contributed by atoms with Gasteiger partial charge in [0.05, 0.1) is 28.5 Å². The lowest BCUT2D eigenvalue weighted by Gasteiger charge is -2.25. The maximum Gasteiger partial charge on any atom is 0.274 e. The van der Waals surface area contributed by atoms with Crippen LogP contribution < -0.4 is 9.47 Å². The maximum absolute atomic E-state index is 6.23. The van der Waals surface area contributed by atoms with Gasteiger partial charge in [-0.2, -0.15) is 0 Å². The fraction of sp³-hybridized carbons (Fsp3) is 0.500. The zero-order chi connectivity index (χ0) is 13.2. The largest absolute Gasteiger partial charge is 0.492 e. The molecule has 0 N–H and O–H groups in total. The summed E-state index contributed by atoms with van der Waals surface area (Å²) < 4.78 is 12.3. The predicted molar refractivity (Wildman–Crippen MR) is 78.6 cm³/mol. The van der Waals surface area contributed by atoms with Crippen LogP contribution >= 0.6 is 22.9 Å². The number of aromatic nitrogens is 1. The molecule has 1 aromatic heterocycles. The van der Waals surface area contributed by atoms with E-state index in [2.05, 4.69) is 4.98 Å². The Kier molecular flexibility index (Phi) is 3.80. The lowest BCUT2D eigenvalue weighted by molar-refractivity contribution is 0.181. The summed E-state index contributed by atoms with van der Waals surface area (Å²) in [6.45, 7) is 3.34. The fourth-order valence-electron chi connectivity index (χ4n) is 2.07. The molecule has 0 bridgehead atoms. The molecule has 3 rings (SSSR count). The number of hydrogen-bond acceptors (Lipinski definition) is 4. The van der Waals surface area contributed by atoms with Gasteiger partial charge in [-0.25, -0.2) is 4.98 Å². The summed E-state index contributed by atoms with van der Waals surface area (Å²) in [6, 6.07) is 3.82. The minimum atomic E-state index is 0.624. The van der Waals surface area contributed by atoms with Crippen LogP contribution in [0.3, 0.4) is 0 Å². The van der Waals surface area contributed by atoms with Crippen LogP contribution in [0.4, 0.5) is 0 Å². The molecule has 3 nitrogen and oxygen atoms in total. The average Bonchev–Trinajstić information content (AvgIpc) is 2.69. The first-order valence-electron chi connectivity index (χ1n) is 6.62. The molecule has 1 fully saturated rings. The normalized spacial score (nSPS) is 15.5. The lowest BCUT2D eigenvalue weighted by atomic mass is 9.86. The molecule has 0 amide bonds. The molecule has 1 heterocycles. The van der Waals surface area contributed by atoms with Gasteiger partial charge in [-0.15, -0.1) is 0 Å². The van der Waals surface area contributed by atoms with Gasteiger partial charge in [0.25, 0.3) is 5.19 Å². The van der Waals surface area contributed by atoms with Crippen molar-refractivity contribution >= 4 is 33.2 Å². The molecular formula is C14H16ClNO2S. The molecular weight excluding hydrogens is 282 g/mol. The molecule has 1 aromatic carbocycles. The van der Waals surface area contributed by atoms with E-state index in [9.17, 15) is 0 Å². The number of rotatable bonds is 5. The lowest BCUT2D eigenvalue weighted by Crippen LogP contribution is -2.19. The highest BCUT2D eigenvalue weighted by molar-refractivity contribution is 7.20. The Labute approximate surface area is 121 Å². The van der Waals surface area contributed by atoms with Crippen molar-refractivity contribution in [2.75, 3.05) is 13.2 Å². The van der Waals surface area contributed by atoms with Crippen molar-refractivity contribution in [3.8, 4) is 10.9 Å². The van der Waals surface area contributed by atoms with E-state index in [-0.39, 0.29) is 0 Å². The van der Waals surface area contributed by atoms with Crippen LogP contribution in [-0.4, -0.2) is 18.2 Å². The van der Waals surface area contributed by atoms with E-state index in [0.717, 1.165) is 22.6 Å². The summed E-state index contributed by atoms with van der Waals surface area (Å²) in [5.41, 5.74) is 0.870. The summed E-state index contributed by atoms with van der Waals surface area (Å²) in [6.07, 6.45) is 3.87. The third kappa shape index (κ3) is 2.79. The maximum atomic E-state index is 6.23. The van der Waals surface area contributed by atoms with Gasteiger partial charge in [0.1, 0.15) is 5.75 Å². The molecule has 2 aromatic rings. The molecule has 19 heavy (non-hydrogen) atoms. The van der Waals surface area contributed by atoms with Crippen LogP contribution in [0.25, 0.3) is 10.2 Å². The first-order valence-corrected chi connectivity index (χ1v) is 7.81. The second-order valence-electron chi connectivity index (χ2n) is 4.77. The number of hydrogen-bond donors (Lipinski definition) is 0. The second kappa shape index (κ2) is 5.55. The van der Waals surface area contributed by atoms with Crippen molar-refractivity contribution in [3.63, 3.8) is 0 Å². The van der Waals surface area contributed by atoms with Crippen LogP contribution in [0.2, 0.25) is 5.02 Å². The van der Waals surface area contributed by atoms with E-state index in [1.54, 1.807) is 0 Å². The zero-order valence-corrected chi connectivity index (χ0v) is 12.4. The average molecular weight is 298 g/mol. The van der Waals surface area contributed by atoms with Gasteiger partial charge < -0.3 is 9.47 Å². The van der Waals surface area contributed by atoms with Crippen molar-refractivity contribution in [2.45, 2.75) is 26.2 Å². The van der Waals surface area contributed by atoms with E-state index >= 15 is 0 Å². The number of nitrogens with zero attached hydrogens (tertiary/aromatic N) is 1. The van der Waals surface area contributed by atoms with E-state index in [4.69, 9.17) is 21.1 Å². The van der Waals surface area contributed by atoms with Crippen LogP contribution in [0.1, 0.15) is 26.2 Å². The number of fused-ring (bicyclic) bond motifs is 1. The molecule has 0 atom stereocenters. The predicted octanol–water partition coefficient (Wildman–Crippen LogP) is 4.53. The van der Waals surface area contributed by atoms with Crippen molar-refractivity contribution in [1.29, 1.82) is 0 Å². The standard InChI is InChI=1S/C14H16ClNO2S/c1-2-17-14-16-11-6-10(15)12(7-13(11)19-14)18-8-9-4-3-5-9/h6-7,9H,2-5,8H2,1H3. The SMILES string of the molecule is CCOc1nc2cc(Cl)c(OCC3CCC3)cc2s1. The zero-order valence-electron chi connectivity index (χ0n) is 10.8. The quantitative estimate of drug-likeness (QED) is 0.812. The highest BCUT2D eigenvalue weighted by atomic mass is 35.5. The fourth-order valence-corrected chi connectivity index (χ4v) is 3.17. The van der Waals surface area contributed by atoms with Gasteiger partial charge in [-0.3, -0.25) is 0 Å². The molecule has 0 unspecified atom stereocenters. The van der Waals surface area contributed by atoms with Crippen molar-refractivity contribution in [2.24, 2.45) is 5.92 Å². The molecule has 1 aliphatic carbocycles. The topological polar surface area (TPSA) is 31.4 Å². The minimum Gasteiger partial charge on any atom is -0.492 e. The van der Waals surface area contributed by atoms with Crippen molar-refractivity contribution < 1.29 is 9.47 Å². The van der Waals surface area contributed by atoms with E-state index in [1.165, 1.54) is 30.6 Å². The van der Waals surface area contributed by atoms with Crippen LogP contribution in [-0.2, 0) is 0 Å². The van der Waals surface area contributed by atoms with Gasteiger partial charge in [-0.1, -0.05) is 29.4 Å². The van der Waals surface area contributed by atoms with Gasteiger partial charge in [-0.05, 0) is 31.7 Å². The minimum absolute atomic E-state index is 0.624. The van der Waals surface area contributed by atoms with E-state index in [0.29, 0.717) is 22.7 Å². The Hall–Kier alpha value is -1.00. The monoisotopic (exact) mass is 297 g/mol. The van der Waals surface area contributed by atoms with Gasteiger partial charge in [0, 0.05) is 6.07 Å². The first-order chi connectivity index (χ1) is 9.26. The van der Waals surface area contributed by atoms with Gasteiger partial charge in [0.2, 0.25) is 0 Å². The molecule has 0 saturated heterocycles. The van der Waals surface area contributed by atoms with Crippen LogP contribution in [0, 0.1) is 5.92 Å². The highest BCUT2D eigenvalue weighted by Gasteiger charge is 2.19. The molecule has 102 valence electrons. The Morgan fingerprint density at radius 2 is 2.21 bits per heavy atom. The number of halogens is 1. The Bertz CT molecular complexity index is 580. The summed E-state index contributed by atoms with van der Waals surface area (Å²) in [7, 11) is 0. The molecule has 1 saturated carbocycles. The van der Waals surface area contributed by atoms with E-state index in [1.807, 2.05) is 19.1 Å². The van der Waals surface area contributed by atoms with E-state index < -0.39 is 0 Å². The van der Waals surface area contributed by atoms with Crippen molar-refractivity contribution in [3.05, 3.63) is 17.2 Å². The molecule has 5 heteroatoms. The second-order valence-corrected chi connectivity index (χ2v) is 6.17. The highest BCUT2D eigenvalue weighted by Crippen LogP contribution is 2.36. The number of ether oxygens (including phenoxy) is 2. The first kappa shape index (κ1) is 13.0. The van der Waals surface area contributed by atoms with Crippen LogP contribution in [0.5, 0.6) is 10.9 Å². The summed E-state index contributed by atoms with van der Waals surface area (Å²) in [4.78, 5) is 4.38. The van der Waals surface area contributed by atoms with Gasteiger partial charge >= 0.3 is 0 Å². The summed E-state index contributed by atoms with van der Waals surface area (Å²) in [5.74, 6) is 1.46. The summed E-state index contributed by atoms with van der Waals surface area (Å²) >= 11 is 7.76. The molecule has 0 aliphatic heterocycles. The third-order valence-electron chi connectivity index (χ3n) is 3.39. The molecule has 0 radical (unpaired) electrons. The Morgan fingerprint density at radius 3 is 2.89 bits per heavy atom. The smallest absolute Gasteiger partial charge is 0.274 e. The molecule has 1 aliphatic rings. The van der Waals surface area contributed by atoms with Crippen molar-refractivity contribution in [1.82, 2.24) is 4.98 Å². The summed E-state index contributed by atoms with van der Waals surface area (Å²) in [5, 5.41) is 1.31. The third-order valence-corrected chi connectivity index (χ3v) is 4.62. The Morgan fingerprint density at radius 1 is 1.37 bits per heavy atom. The molecule has 0 spiro atoms. The Balaban J connectivity index is 1.80. The van der Waals surface area contributed by atoms with Gasteiger partial charge in [0.15, 0.2) is 0 Å². The number of thiazole rings is 1. The number of benzene rings is 1.